The number of benzene rings is 3. The molecule has 0 unspecified atom stereocenters. The maximum absolute atomic E-state index is 13.9. The second kappa shape index (κ2) is 11.1. The van der Waals surface area contributed by atoms with Crippen LogP contribution in [0.4, 0.5) is 0 Å². The molecule has 42 heavy (non-hydrogen) atoms. The Morgan fingerprint density at radius 1 is 1.12 bits per heavy atom. The highest BCUT2D eigenvalue weighted by Gasteiger charge is 2.39. The number of amides is 1. The molecule has 1 aliphatic rings. The predicted octanol–water partition coefficient (Wildman–Crippen LogP) is 5.07. The molecule has 0 saturated carbocycles. The monoisotopic (exact) mass is 589 g/mol. The van der Waals surface area contributed by atoms with Gasteiger partial charge in [0, 0.05) is 19.0 Å². The van der Waals surface area contributed by atoms with Crippen LogP contribution in [0, 0.1) is 19.3 Å². The molecule has 1 aliphatic heterocycles. The number of hydrogen-bond donors (Lipinski definition) is 1. The molecule has 2 N–H and O–H groups in total. The van der Waals surface area contributed by atoms with E-state index in [1.54, 1.807) is 24.3 Å². The summed E-state index contributed by atoms with van der Waals surface area (Å²) in [6.45, 7) is 12.8. The fraction of sp³-hybridized carbons (Fsp3) is 0.406. The molecule has 10 heteroatoms. The number of aromatic nitrogens is 3. The van der Waals surface area contributed by atoms with Gasteiger partial charge in [0.2, 0.25) is 15.9 Å². The molecular formula is C32H39N5O4S. The Kier molecular flexibility index (Phi) is 7.89. The molecule has 0 radical (unpaired) electrons. The van der Waals surface area contributed by atoms with Crippen LogP contribution in [0.3, 0.4) is 0 Å². The van der Waals surface area contributed by atoms with Crippen molar-refractivity contribution in [2.75, 3.05) is 6.54 Å². The van der Waals surface area contributed by atoms with E-state index in [-0.39, 0.29) is 24.1 Å². The van der Waals surface area contributed by atoms with Gasteiger partial charge in [-0.05, 0) is 73.2 Å². The number of sulfonamides is 1. The van der Waals surface area contributed by atoms with E-state index in [9.17, 15) is 13.2 Å². The van der Waals surface area contributed by atoms with Crippen LogP contribution < -0.4 is 10.5 Å². The van der Waals surface area contributed by atoms with Crippen molar-refractivity contribution < 1.29 is 17.9 Å². The number of ether oxygens (including phenoxy) is 1. The summed E-state index contributed by atoms with van der Waals surface area (Å²) >= 11 is 0. The second-order valence-corrected chi connectivity index (χ2v) is 13.6. The molecule has 222 valence electrons. The van der Waals surface area contributed by atoms with Gasteiger partial charge in [-0.15, -0.1) is 5.10 Å². The van der Waals surface area contributed by atoms with Crippen molar-refractivity contribution in [1.82, 2.24) is 19.3 Å². The van der Waals surface area contributed by atoms with Crippen LogP contribution in [0.1, 0.15) is 67.9 Å². The third kappa shape index (κ3) is 5.07. The Labute approximate surface area is 247 Å². The number of carbonyl (C=O) groups excluding carboxylic acids is 1. The van der Waals surface area contributed by atoms with Crippen molar-refractivity contribution in [2.45, 2.75) is 78.0 Å². The Morgan fingerprint density at radius 2 is 1.86 bits per heavy atom. The molecule has 0 saturated heterocycles. The number of nitrogens with two attached hydrogens (primary N) is 1. The first-order valence-electron chi connectivity index (χ1n) is 14.4. The first-order valence-corrected chi connectivity index (χ1v) is 15.8. The van der Waals surface area contributed by atoms with Gasteiger partial charge in [0.15, 0.2) is 0 Å². The van der Waals surface area contributed by atoms with Gasteiger partial charge in [-0.1, -0.05) is 62.4 Å². The fourth-order valence-electron chi connectivity index (χ4n) is 5.89. The summed E-state index contributed by atoms with van der Waals surface area (Å²) in [5.41, 5.74) is 11.3. The lowest BCUT2D eigenvalue weighted by Gasteiger charge is -2.34. The van der Waals surface area contributed by atoms with Crippen LogP contribution in [0.25, 0.3) is 11.0 Å². The van der Waals surface area contributed by atoms with Crippen molar-refractivity contribution >= 4 is 27.0 Å². The predicted molar refractivity (Wildman–Crippen MR) is 163 cm³/mol. The van der Waals surface area contributed by atoms with E-state index in [4.69, 9.17) is 10.5 Å². The maximum atomic E-state index is 13.9. The van der Waals surface area contributed by atoms with Gasteiger partial charge in [0.25, 0.3) is 0 Å². The zero-order chi connectivity index (χ0) is 30.4. The minimum atomic E-state index is -3.82. The summed E-state index contributed by atoms with van der Waals surface area (Å²) in [7, 11) is -3.82. The lowest BCUT2D eigenvalue weighted by Crippen LogP contribution is -2.38. The molecule has 3 aromatic carbocycles. The van der Waals surface area contributed by atoms with Crippen molar-refractivity contribution in [3.63, 3.8) is 0 Å². The maximum Gasteiger partial charge on any atom is 0.247 e. The number of hydrogen-bond acceptors (Lipinski definition) is 6. The summed E-state index contributed by atoms with van der Waals surface area (Å²) in [6.07, 6.45) is 0.387. The molecule has 0 fully saturated rings. The smallest absolute Gasteiger partial charge is 0.247 e. The summed E-state index contributed by atoms with van der Waals surface area (Å²) in [5.74, 6) is -0.453. The van der Waals surface area contributed by atoms with Crippen LogP contribution >= 0.6 is 0 Å². The zero-order valence-electron chi connectivity index (χ0n) is 25.1. The van der Waals surface area contributed by atoms with Crippen molar-refractivity contribution in [3.8, 4) is 5.75 Å². The van der Waals surface area contributed by atoms with Crippen LogP contribution in [0.2, 0.25) is 0 Å². The Bertz CT molecular complexity index is 1760. The number of primary amides is 1. The van der Waals surface area contributed by atoms with E-state index in [1.165, 1.54) is 4.31 Å². The minimum Gasteiger partial charge on any atom is -0.488 e. The van der Waals surface area contributed by atoms with E-state index >= 15 is 0 Å². The Morgan fingerprint density at radius 3 is 2.55 bits per heavy atom. The number of rotatable bonds is 8. The lowest BCUT2D eigenvalue weighted by atomic mass is 9.69. The van der Waals surface area contributed by atoms with Crippen LogP contribution in [-0.2, 0) is 27.9 Å². The molecule has 9 nitrogen and oxygen atoms in total. The highest BCUT2D eigenvalue weighted by atomic mass is 32.2. The molecular weight excluding hydrogens is 550 g/mol. The lowest BCUT2D eigenvalue weighted by molar-refractivity contribution is -0.126. The number of nitrogens with zero attached hydrogens (tertiary/aromatic N) is 4. The zero-order valence-corrected chi connectivity index (χ0v) is 25.9. The largest absolute Gasteiger partial charge is 0.488 e. The Balaban J connectivity index is 1.62. The molecule has 0 bridgehead atoms. The van der Waals surface area contributed by atoms with Gasteiger partial charge < -0.3 is 10.5 Å². The standard InChI is InChI=1S/C32H39N5O4S/c1-7-24-19-36(42(39,40)28-12-10-9-11-27(28)41-24)18-23-17-22(14-13-20(23)3)29(32(5,6)31(33)38)25-15-16-26-30(21(25)4)34-35-37(26)8-2/h9-17,24,29H,7-8,18-19H2,1-6H3,(H2,33,38)/t24-,29+/m1/s1. The van der Waals surface area contributed by atoms with Crippen LogP contribution in [-0.4, -0.2) is 46.3 Å². The number of carbonyl (C=O) groups is 1. The van der Waals surface area contributed by atoms with E-state index in [0.29, 0.717) is 18.7 Å². The molecule has 0 spiro atoms. The van der Waals surface area contributed by atoms with E-state index in [2.05, 4.69) is 10.3 Å². The van der Waals surface area contributed by atoms with Gasteiger partial charge in [0.05, 0.1) is 17.5 Å². The van der Waals surface area contributed by atoms with Gasteiger partial charge in [-0.25, -0.2) is 13.1 Å². The quantitative estimate of drug-likeness (QED) is 0.306. The average Bonchev–Trinajstić information content (AvgIpc) is 3.34. The Hall–Kier alpha value is -3.76. The number of fused-ring (bicyclic) bond motifs is 2. The van der Waals surface area contributed by atoms with Gasteiger partial charge >= 0.3 is 0 Å². The SMILES string of the molecule is CC[C@@H]1CN(Cc2cc([C@@H](c3ccc4c(nnn4CC)c3C)C(C)(C)C(N)=O)ccc2C)S(=O)(=O)c2ccccc2O1. The molecule has 1 amide bonds. The highest BCUT2D eigenvalue weighted by molar-refractivity contribution is 7.89. The summed E-state index contributed by atoms with van der Waals surface area (Å²) in [4.78, 5) is 13.1. The topological polar surface area (TPSA) is 120 Å². The third-order valence-electron chi connectivity index (χ3n) is 8.63. The summed E-state index contributed by atoms with van der Waals surface area (Å²) in [5, 5.41) is 8.72. The molecule has 0 aliphatic carbocycles. The normalized spacial score (nSPS) is 17.8. The van der Waals surface area contributed by atoms with Crippen molar-refractivity contribution in [1.29, 1.82) is 0 Å². The molecule has 1 aromatic heterocycles. The van der Waals surface area contributed by atoms with E-state index in [0.717, 1.165) is 38.9 Å². The minimum absolute atomic E-state index is 0.169. The first kappa shape index (κ1) is 29.7. The van der Waals surface area contributed by atoms with E-state index in [1.807, 2.05) is 76.6 Å². The molecule has 2 atom stereocenters. The summed E-state index contributed by atoms with van der Waals surface area (Å²) < 4.78 is 37.2. The highest BCUT2D eigenvalue weighted by Crippen LogP contribution is 2.44. The summed E-state index contributed by atoms with van der Waals surface area (Å²) in [6, 6.07) is 16.8. The van der Waals surface area contributed by atoms with Crippen LogP contribution in [0.15, 0.2) is 59.5 Å². The third-order valence-corrected chi connectivity index (χ3v) is 10.5. The molecule has 4 aromatic rings. The van der Waals surface area contributed by atoms with Crippen molar-refractivity contribution in [3.05, 3.63) is 82.4 Å². The van der Waals surface area contributed by atoms with Crippen molar-refractivity contribution in [2.24, 2.45) is 11.1 Å². The average molecular weight is 590 g/mol. The van der Waals surface area contributed by atoms with Crippen LogP contribution in [0.5, 0.6) is 5.75 Å². The van der Waals surface area contributed by atoms with Gasteiger partial charge in [-0.3, -0.25) is 4.79 Å². The molecule has 5 rings (SSSR count). The molecule has 2 heterocycles. The number of aryl methyl sites for hydroxylation is 3. The van der Waals surface area contributed by atoms with Gasteiger partial charge in [-0.2, -0.15) is 4.31 Å². The van der Waals surface area contributed by atoms with E-state index < -0.39 is 27.3 Å². The van der Waals surface area contributed by atoms with Gasteiger partial charge in [0.1, 0.15) is 22.3 Å². The second-order valence-electron chi connectivity index (χ2n) is 11.7. The first-order chi connectivity index (χ1) is 19.9. The fourth-order valence-corrected chi connectivity index (χ4v) is 7.46. The number of para-hydroxylation sites is 1.